The Hall–Kier alpha value is -2.98. The predicted molar refractivity (Wildman–Crippen MR) is 267 cm³/mol. The molecule has 3 aliphatic rings. The van der Waals surface area contributed by atoms with Crippen LogP contribution in [0.2, 0.25) is 0 Å². The van der Waals surface area contributed by atoms with E-state index >= 15 is 0 Å². The molecule has 18 nitrogen and oxygen atoms in total. The quantitative estimate of drug-likeness (QED) is 0.112. The van der Waals surface area contributed by atoms with Crippen molar-refractivity contribution >= 4 is 11.8 Å². The molecule has 1 unspecified atom stereocenters. The van der Waals surface area contributed by atoms with Crippen LogP contribution in [0.1, 0.15) is 133 Å². The van der Waals surface area contributed by atoms with Gasteiger partial charge >= 0.3 is 5.97 Å². The number of ether oxygens (including phenoxy) is 6. The molecule has 3 aliphatic heterocycles. The van der Waals surface area contributed by atoms with Gasteiger partial charge < -0.3 is 63.6 Å². The van der Waals surface area contributed by atoms with E-state index in [1.165, 1.54) is 14.0 Å². The smallest absolute Gasteiger partial charge is 0.311 e. The number of Topliss-reactive ketones (excluding diaryl/α,β-unsaturated/α-hetero) is 1. The molecule has 3 saturated heterocycles. The summed E-state index contributed by atoms with van der Waals surface area (Å²) in [4.78, 5) is 29.8. The first-order chi connectivity index (χ1) is 33.2. The van der Waals surface area contributed by atoms with Gasteiger partial charge in [0, 0.05) is 63.2 Å². The van der Waals surface area contributed by atoms with Crippen molar-refractivity contribution in [3.05, 3.63) is 36.0 Å². The van der Waals surface area contributed by atoms with Crippen LogP contribution in [0.3, 0.4) is 0 Å². The van der Waals surface area contributed by atoms with Crippen LogP contribution in [-0.4, -0.2) is 180 Å². The first kappa shape index (κ1) is 58.9. The number of cyclic esters (lactones) is 1. The first-order valence-electron chi connectivity index (χ1n) is 26.0. The van der Waals surface area contributed by atoms with Crippen molar-refractivity contribution in [1.82, 2.24) is 24.8 Å². The van der Waals surface area contributed by atoms with Gasteiger partial charge in [0.05, 0.1) is 47.7 Å². The number of rotatable bonds is 16. The first-order valence-corrected chi connectivity index (χ1v) is 26.0. The number of ketones is 1. The highest BCUT2D eigenvalue weighted by molar-refractivity contribution is 5.75. The molecule has 0 saturated carbocycles. The zero-order valence-electron chi connectivity index (χ0n) is 45.1. The molecular formula is C53H89N5O13. The van der Waals surface area contributed by atoms with Crippen LogP contribution in [0.4, 0.5) is 0 Å². The van der Waals surface area contributed by atoms with Crippen LogP contribution in [0.15, 0.2) is 30.5 Å². The number of likely N-dealkylation sites (N-methyl/N-ethyl adjacent to an activating group) is 2. The molecule has 0 bridgehead atoms. The van der Waals surface area contributed by atoms with Gasteiger partial charge in [-0.3, -0.25) is 14.4 Å². The fourth-order valence-electron chi connectivity index (χ4n) is 11.2. The van der Waals surface area contributed by atoms with E-state index < -0.39 is 102 Å². The van der Waals surface area contributed by atoms with Gasteiger partial charge in [-0.2, -0.15) is 0 Å². The molecule has 18 atom stereocenters. The van der Waals surface area contributed by atoms with E-state index in [0.717, 1.165) is 42.6 Å². The second-order valence-electron chi connectivity index (χ2n) is 22.2. The van der Waals surface area contributed by atoms with E-state index in [0.29, 0.717) is 25.9 Å². The highest BCUT2D eigenvalue weighted by Gasteiger charge is 2.53. The van der Waals surface area contributed by atoms with E-state index in [9.17, 15) is 35.1 Å². The van der Waals surface area contributed by atoms with Gasteiger partial charge in [0.15, 0.2) is 12.6 Å². The average Bonchev–Trinajstić information content (AvgIpc) is 3.78. The summed E-state index contributed by atoms with van der Waals surface area (Å²) in [6.45, 7) is 20.9. The van der Waals surface area contributed by atoms with Crippen molar-refractivity contribution in [2.24, 2.45) is 17.8 Å². The van der Waals surface area contributed by atoms with E-state index in [1.807, 2.05) is 74.9 Å². The average molecular weight is 1000 g/mol. The van der Waals surface area contributed by atoms with Crippen molar-refractivity contribution in [2.75, 3.05) is 27.7 Å². The van der Waals surface area contributed by atoms with Crippen LogP contribution in [-0.2, 0) is 51.1 Å². The Morgan fingerprint density at radius 1 is 0.944 bits per heavy atom. The molecule has 0 amide bonds. The summed E-state index contributed by atoms with van der Waals surface area (Å²) in [6.07, 6.45) is -3.73. The number of aromatic nitrogens is 3. The van der Waals surface area contributed by atoms with Crippen LogP contribution in [0.5, 0.6) is 0 Å². The van der Waals surface area contributed by atoms with Crippen LogP contribution in [0, 0.1) is 17.8 Å². The normalized spacial score (nSPS) is 39.4. The Morgan fingerprint density at radius 3 is 2.25 bits per heavy atom. The summed E-state index contributed by atoms with van der Waals surface area (Å²) in [6, 6.07) is 7.10. The van der Waals surface area contributed by atoms with Gasteiger partial charge in [-0.1, -0.05) is 56.7 Å². The van der Waals surface area contributed by atoms with Crippen molar-refractivity contribution in [3.8, 4) is 11.3 Å². The second kappa shape index (κ2) is 25.0. The standard InChI is InChI=1S/C53H89N5O13/c1-15-42-53(11,65)46(61)36(7)56(12)28-31(2)26-51(9,64)48(34(5)45(35(6)49(63)69-42)70-43-27-52(10,66-14)47(62)37(8)68-43)71-50-44(60)41(25-33(4)67-50)57(13)29-38-20-22-39(23-21-38)40-30-58(55-54-40)24-18-16-17-19-32(3)59/h20-23,30-31,33-37,41-48,50,60-62,64-65H,15-19,24-29H2,1-14H3/t31-,33-,34+,35-,36-,37+,41+,42-,43-,44+,45-,46-,47-,48+,50+,51-,52?,53-/m1/s1. The zero-order valence-corrected chi connectivity index (χ0v) is 45.1. The Morgan fingerprint density at radius 2 is 1.62 bits per heavy atom. The third-order valence-electron chi connectivity index (χ3n) is 15.7. The summed E-state index contributed by atoms with van der Waals surface area (Å²) in [5.74, 6) is -2.56. The monoisotopic (exact) mass is 1000 g/mol. The molecule has 71 heavy (non-hydrogen) atoms. The van der Waals surface area contributed by atoms with Crippen LogP contribution >= 0.6 is 0 Å². The summed E-state index contributed by atoms with van der Waals surface area (Å²) < 4.78 is 40.2. The molecule has 3 fully saturated rings. The van der Waals surface area contributed by atoms with E-state index in [1.54, 1.807) is 48.5 Å². The third kappa shape index (κ3) is 14.7. The third-order valence-corrected chi connectivity index (χ3v) is 15.7. The Bertz CT molecular complexity index is 1990. The largest absolute Gasteiger partial charge is 0.459 e. The lowest BCUT2D eigenvalue weighted by molar-refractivity contribution is -0.318. The number of esters is 1. The van der Waals surface area contributed by atoms with Crippen molar-refractivity contribution < 1.29 is 63.5 Å². The number of aliphatic hydroxyl groups is 5. The molecule has 5 rings (SSSR count). The molecule has 0 aliphatic carbocycles. The predicted octanol–water partition coefficient (Wildman–Crippen LogP) is 4.88. The summed E-state index contributed by atoms with van der Waals surface area (Å²) in [5.41, 5.74) is -1.81. The fraction of sp³-hybridized carbons (Fsp3) is 0.811. The molecule has 0 spiro atoms. The molecule has 18 heteroatoms. The lowest BCUT2D eigenvalue weighted by Crippen LogP contribution is -2.60. The van der Waals surface area contributed by atoms with E-state index in [4.69, 9.17) is 28.4 Å². The summed E-state index contributed by atoms with van der Waals surface area (Å²) in [7, 11) is 5.30. The Labute approximate surface area is 422 Å². The van der Waals surface area contributed by atoms with E-state index in [-0.39, 0.29) is 37.1 Å². The number of aliphatic hydroxyl groups excluding tert-OH is 3. The van der Waals surface area contributed by atoms with Crippen LogP contribution < -0.4 is 0 Å². The molecule has 404 valence electrons. The van der Waals surface area contributed by atoms with Crippen molar-refractivity contribution in [1.29, 1.82) is 0 Å². The van der Waals surface area contributed by atoms with Gasteiger partial charge in [0.25, 0.3) is 0 Å². The number of hydrogen-bond donors (Lipinski definition) is 5. The molecule has 1 aromatic heterocycles. The lowest BCUT2D eigenvalue weighted by atomic mass is 9.77. The zero-order chi connectivity index (χ0) is 52.7. The van der Waals surface area contributed by atoms with Crippen molar-refractivity contribution in [2.45, 2.75) is 231 Å². The highest BCUT2D eigenvalue weighted by atomic mass is 16.7. The summed E-state index contributed by atoms with van der Waals surface area (Å²) >= 11 is 0. The molecule has 4 heterocycles. The summed E-state index contributed by atoms with van der Waals surface area (Å²) in [5, 5.41) is 68.5. The van der Waals surface area contributed by atoms with Gasteiger partial charge in [0.1, 0.15) is 41.5 Å². The number of carbonyl (C=O) groups is 2. The topological polar surface area (TPSA) is 228 Å². The number of aryl methyl sites for hydroxylation is 1. The highest BCUT2D eigenvalue weighted by Crippen LogP contribution is 2.40. The molecule has 0 radical (unpaired) electrons. The number of benzene rings is 1. The number of unbranched alkanes of at least 4 members (excludes halogenated alkanes) is 2. The minimum atomic E-state index is -1.83. The Balaban J connectivity index is 1.43. The number of nitrogens with zero attached hydrogens (tertiary/aromatic N) is 5. The lowest BCUT2D eigenvalue weighted by Gasteiger charge is -2.49. The molecule has 2 aromatic rings. The van der Waals surface area contributed by atoms with Gasteiger partial charge in [-0.25, -0.2) is 0 Å². The minimum Gasteiger partial charge on any atom is -0.459 e. The number of methoxy groups -OCH3 is 1. The maximum atomic E-state index is 14.5. The van der Waals surface area contributed by atoms with Gasteiger partial charge in [-0.05, 0) is 113 Å². The second-order valence-corrected chi connectivity index (χ2v) is 22.2. The molecular weight excluding hydrogens is 915 g/mol. The van der Waals surface area contributed by atoms with Crippen molar-refractivity contribution in [3.63, 3.8) is 0 Å². The minimum absolute atomic E-state index is 0.104. The SMILES string of the molecule is CC[C@H]1OC(=O)[C@H](C)[C@H](O[C@@H]2CC(C)(OC)[C@H](O)[C@H](C)O2)[C@H](C)[C@H](O[C@@H]2O[C@H](C)C[C@H](N(C)Cc3ccc(-c4cn(CCCCCC(C)=O)nn4)cc3)[C@@H]2O)[C@](C)(O)C[C@@H](C)CN(C)[C@H](C)[C@@H](O)[C@]1(C)O. The Kier molecular flexibility index (Phi) is 20.8. The maximum Gasteiger partial charge on any atom is 0.311 e. The number of carbonyl (C=O) groups excluding carboxylic acids is 2. The number of hydrogen-bond acceptors (Lipinski definition) is 17. The van der Waals surface area contributed by atoms with Crippen LogP contribution in [0.25, 0.3) is 11.3 Å². The molecule has 5 N–H and O–H groups in total. The molecule has 1 aromatic carbocycles. The van der Waals surface area contributed by atoms with E-state index in [2.05, 4.69) is 15.2 Å². The van der Waals surface area contributed by atoms with Gasteiger partial charge in [0.2, 0.25) is 0 Å². The fourth-order valence-corrected chi connectivity index (χ4v) is 11.2. The van der Waals surface area contributed by atoms with Gasteiger partial charge in [-0.15, -0.1) is 5.10 Å². The maximum absolute atomic E-state index is 14.5.